The van der Waals surface area contributed by atoms with Crippen LogP contribution in [0.5, 0.6) is 5.75 Å². The third kappa shape index (κ3) is 9.83. The molecule has 5 aromatic rings. The number of amides is 1. The fraction of sp³-hybridized carbons (Fsp3) is 0.308. The van der Waals surface area contributed by atoms with Gasteiger partial charge in [-0.05, 0) is 47.9 Å². The van der Waals surface area contributed by atoms with Gasteiger partial charge in [-0.1, -0.05) is 48.0 Å². The van der Waals surface area contributed by atoms with E-state index >= 15 is 0 Å². The number of aromatic hydroxyl groups is 1. The molecule has 0 saturated heterocycles. The highest BCUT2D eigenvalue weighted by atomic mass is 35.5. The van der Waals surface area contributed by atoms with Crippen molar-refractivity contribution < 1.29 is 29.6 Å². The minimum absolute atomic E-state index is 0.00305. The average Bonchev–Trinajstić information content (AvgIpc) is 3.15. The Morgan fingerprint density at radius 3 is 2.43 bits per heavy atom. The molecule has 0 atom stereocenters. The first-order valence-electron chi connectivity index (χ1n) is 17.4. The molecule has 0 saturated carbocycles. The van der Waals surface area contributed by atoms with Crippen LogP contribution in [0.15, 0.2) is 77.9 Å². The molecule has 0 bridgehead atoms. The monoisotopic (exact) mass is 755 g/mol. The SMILES string of the molecule is COCCN(CCOC)C(=O)CCCC(=O)Cc1cccc2nc(CNc3ncnc(N)c3C(=[NH2+])c3cccc(O)c3)n(Cc3ccccc3Cl)c(=O)c12. The molecule has 0 fully saturated rings. The Morgan fingerprint density at radius 1 is 0.981 bits per heavy atom. The Labute approximate surface area is 317 Å². The van der Waals surface area contributed by atoms with Crippen molar-refractivity contribution in [3.05, 3.63) is 117 Å². The fourth-order valence-electron chi connectivity index (χ4n) is 6.06. The number of anilines is 2. The maximum atomic E-state index is 14.5. The molecule has 2 aromatic heterocycles. The van der Waals surface area contributed by atoms with Crippen LogP contribution in [0.2, 0.25) is 5.02 Å². The molecule has 0 aliphatic rings. The van der Waals surface area contributed by atoms with Crippen LogP contribution in [0.4, 0.5) is 11.6 Å². The number of rotatable bonds is 19. The van der Waals surface area contributed by atoms with E-state index in [1.165, 1.54) is 23.0 Å². The molecular weight excluding hydrogens is 712 g/mol. The number of carbonyl (C=O) groups is 2. The Bertz CT molecular complexity index is 2190. The summed E-state index contributed by atoms with van der Waals surface area (Å²) < 4.78 is 11.8. The number of nitrogens with zero attached hydrogens (tertiary/aromatic N) is 5. The topological polar surface area (TPSA) is 200 Å². The number of fused-ring (bicyclic) bond motifs is 1. The number of carbonyl (C=O) groups excluding carboxylic acids is 2. The maximum absolute atomic E-state index is 14.5. The summed E-state index contributed by atoms with van der Waals surface area (Å²) in [6, 6.07) is 18.8. The Kier molecular flexibility index (Phi) is 13.8. The number of ether oxygens (including phenoxy) is 2. The second-order valence-corrected chi connectivity index (χ2v) is 13.0. The van der Waals surface area contributed by atoms with Gasteiger partial charge in [-0.25, -0.2) is 15.0 Å². The van der Waals surface area contributed by atoms with E-state index in [4.69, 9.17) is 37.2 Å². The summed E-state index contributed by atoms with van der Waals surface area (Å²) in [4.78, 5) is 55.6. The van der Waals surface area contributed by atoms with Gasteiger partial charge in [0.2, 0.25) is 11.6 Å². The Balaban J connectivity index is 1.42. The molecule has 54 heavy (non-hydrogen) atoms. The number of halogens is 1. The summed E-state index contributed by atoms with van der Waals surface area (Å²) in [7, 11) is 3.15. The van der Waals surface area contributed by atoms with Crippen molar-refractivity contribution in [3.8, 4) is 5.75 Å². The van der Waals surface area contributed by atoms with E-state index in [1.807, 2.05) is 12.1 Å². The number of nitrogens with two attached hydrogens (primary N) is 2. The lowest BCUT2D eigenvalue weighted by atomic mass is 10.0. The summed E-state index contributed by atoms with van der Waals surface area (Å²) in [5.41, 5.74) is 8.63. The van der Waals surface area contributed by atoms with Crippen molar-refractivity contribution in [1.82, 2.24) is 24.4 Å². The lowest BCUT2D eigenvalue weighted by Crippen LogP contribution is -2.42. The van der Waals surface area contributed by atoms with E-state index in [-0.39, 0.29) is 66.9 Å². The van der Waals surface area contributed by atoms with Gasteiger partial charge in [0.05, 0.1) is 42.8 Å². The van der Waals surface area contributed by atoms with E-state index in [0.29, 0.717) is 82.5 Å². The van der Waals surface area contributed by atoms with Gasteiger partial charge in [-0.2, -0.15) is 0 Å². The first-order chi connectivity index (χ1) is 26.1. The summed E-state index contributed by atoms with van der Waals surface area (Å²) in [5.74, 6) is 0.612. The van der Waals surface area contributed by atoms with Crippen LogP contribution in [-0.2, 0) is 38.6 Å². The van der Waals surface area contributed by atoms with Gasteiger partial charge in [-0.15, -0.1) is 0 Å². The quantitative estimate of drug-likeness (QED) is 0.0904. The van der Waals surface area contributed by atoms with Gasteiger partial charge in [0, 0.05) is 51.6 Å². The molecule has 0 radical (unpaired) electrons. The highest BCUT2D eigenvalue weighted by molar-refractivity contribution is 6.31. The lowest BCUT2D eigenvalue weighted by molar-refractivity contribution is -0.132. The van der Waals surface area contributed by atoms with Crippen LogP contribution in [0, 0.1) is 0 Å². The van der Waals surface area contributed by atoms with Gasteiger partial charge in [0.1, 0.15) is 40.9 Å². The number of nitrogen functional groups attached to an aromatic ring is 1. The van der Waals surface area contributed by atoms with Crippen LogP contribution in [0.3, 0.4) is 0 Å². The van der Waals surface area contributed by atoms with E-state index in [2.05, 4.69) is 15.3 Å². The van der Waals surface area contributed by atoms with Crippen LogP contribution in [0.1, 0.15) is 47.3 Å². The molecule has 0 aliphatic heterocycles. The first-order valence-corrected chi connectivity index (χ1v) is 17.8. The molecule has 15 heteroatoms. The smallest absolute Gasteiger partial charge is 0.262 e. The number of nitrogens with one attached hydrogen (secondary N) is 1. The number of phenols is 1. The number of benzene rings is 3. The summed E-state index contributed by atoms with van der Waals surface area (Å²) in [6.45, 7) is 1.80. The average molecular weight is 756 g/mol. The van der Waals surface area contributed by atoms with Crippen molar-refractivity contribution in [2.45, 2.75) is 38.8 Å². The highest BCUT2D eigenvalue weighted by Gasteiger charge is 2.23. The molecule has 2 heterocycles. The van der Waals surface area contributed by atoms with E-state index in [0.717, 1.165) is 0 Å². The Hall–Kier alpha value is -5.70. The molecule has 0 unspecified atom stereocenters. The van der Waals surface area contributed by atoms with Crippen molar-refractivity contribution in [2.75, 3.05) is 51.6 Å². The molecule has 3 aromatic carbocycles. The minimum atomic E-state index is -0.351. The van der Waals surface area contributed by atoms with Gasteiger partial charge < -0.3 is 30.5 Å². The second-order valence-electron chi connectivity index (χ2n) is 12.6. The zero-order valence-corrected chi connectivity index (χ0v) is 31.0. The maximum Gasteiger partial charge on any atom is 0.262 e. The standard InChI is InChI=1S/C39H43ClN8O6/c1-53-18-16-47(17-19-54-2)33(51)15-7-12-28(49)20-25-9-6-14-31-34(25)39(52)48(23-27-8-3-4-13-30(27)40)32(46-31)22-43-38-35(37(42)44-24-45-38)36(41)26-10-5-11-29(50)21-26/h3-6,8-11,13-14,21,24,41,50H,7,12,15-20,22-23H2,1-2H3,(H3,42,43,44,45)/p+1. The van der Waals surface area contributed by atoms with Crippen molar-refractivity contribution in [1.29, 1.82) is 0 Å². The number of methoxy groups -OCH3 is 2. The highest BCUT2D eigenvalue weighted by Crippen LogP contribution is 2.24. The predicted octanol–water partition coefficient (Wildman–Crippen LogP) is 2.79. The number of hydrogen-bond donors (Lipinski definition) is 4. The summed E-state index contributed by atoms with van der Waals surface area (Å²) in [5, 5.41) is 20.6. The van der Waals surface area contributed by atoms with Gasteiger partial charge in [0.15, 0.2) is 0 Å². The van der Waals surface area contributed by atoms with Gasteiger partial charge in [0.25, 0.3) is 5.56 Å². The molecule has 5 rings (SSSR count). The molecule has 14 nitrogen and oxygen atoms in total. The summed E-state index contributed by atoms with van der Waals surface area (Å²) >= 11 is 6.55. The normalized spacial score (nSPS) is 11.1. The third-order valence-electron chi connectivity index (χ3n) is 8.87. The van der Waals surface area contributed by atoms with E-state index < -0.39 is 0 Å². The fourth-order valence-corrected chi connectivity index (χ4v) is 6.26. The number of aromatic nitrogens is 4. The van der Waals surface area contributed by atoms with Crippen LogP contribution in [0.25, 0.3) is 10.9 Å². The third-order valence-corrected chi connectivity index (χ3v) is 9.24. The predicted molar refractivity (Wildman–Crippen MR) is 206 cm³/mol. The summed E-state index contributed by atoms with van der Waals surface area (Å²) in [6.07, 6.45) is 2.03. The molecule has 1 amide bonds. The second kappa shape index (κ2) is 18.9. The van der Waals surface area contributed by atoms with Crippen molar-refractivity contribution >= 4 is 51.5 Å². The van der Waals surface area contributed by atoms with Crippen molar-refractivity contribution in [3.63, 3.8) is 0 Å². The zero-order valence-electron chi connectivity index (χ0n) is 30.3. The largest absolute Gasteiger partial charge is 0.508 e. The minimum Gasteiger partial charge on any atom is -0.508 e. The van der Waals surface area contributed by atoms with Crippen molar-refractivity contribution in [2.24, 2.45) is 0 Å². The number of Topliss-reactive ketones (excluding diaryl/α,β-unsaturated/α-hetero) is 1. The lowest BCUT2D eigenvalue weighted by Gasteiger charge is -2.22. The molecule has 6 N–H and O–H groups in total. The zero-order chi connectivity index (χ0) is 38.6. The molecule has 282 valence electrons. The van der Waals surface area contributed by atoms with Gasteiger partial charge >= 0.3 is 0 Å². The molecule has 0 aliphatic carbocycles. The van der Waals surface area contributed by atoms with E-state index in [9.17, 15) is 19.5 Å². The van der Waals surface area contributed by atoms with E-state index in [1.54, 1.807) is 61.6 Å². The number of hydrogen-bond acceptors (Lipinski definition) is 11. The van der Waals surface area contributed by atoms with Crippen LogP contribution < -0.4 is 22.0 Å². The first kappa shape index (κ1) is 39.5. The number of phenolic OH excluding ortho intramolecular Hbond substituents is 1. The van der Waals surface area contributed by atoms with Gasteiger partial charge in [-0.3, -0.25) is 24.4 Å². The number of ketones is 1. The van der Waals surface area contributed by atoms with Crippen LogP contribution in [-0.4, -0.2) is 87.5 Å². The Morgan fingerprint density at radius 2 is 1.70 bits per heavy atom. The molecular formula is C39H44ClN8O6+. The van der Waals surface area contributed by atoms with Crippen LogP contribution >= 0.6 is 11.6 Å². The molecule has 0 spiro atoms.